The van der Waals surface area contributed by atoms with Gasteiger partial charge < -0.3 is 60.0 Å². The number of likely N-dealkylation sites (N-methyl/N-ethyl adjacent to an activating group) is 6. The summed E-state index contributed by atoms with van der Waals surface area (Å²) in [5, 5.41) is 7.53. The summed E-state index contributed by atoms with van der Waals surface area (Å²) >= 11 is 6.13. The number of nitrogens with one attached hydrogen (secondary N) is 3. The average Bonchev–Trinajstić information content (AvgIpc) is 0.951. The van der Waals surface area contributed by atoms with Gasteiger partial charge in [-0.25, -0.2) is 0 Å². The Hall–Kier alpha value is -7.27. The molecule has 0 radical (unpaired) electrons. The Labute approximate surface area is 592 Å². The van der Waals surface area contributed by atoms with Gasteiger partial charge in [-0.1, -0.05) is 96.7 Å². The minimum atomic E-state index is -5.10. The van der Waals surface area contributed by atoms with Crippen molar-refractivity contribution in [1.29, 1.82) is 0 Å². The number of rotatable bonds is 10. The van der Waals surface area contributed by atoms with Gasteiger partial charge in [0.25, 0.3) is 0 Å². The quantitative estimate of drug-likeness (QED) is 0.230. The van der Waals surface area contributed by atoms with Crippen LogP contribution < -0.4 is 16.0 Å². The Morgan fingerprint density at radius 3 is 1.83 bits per heavy atom. The molecular weight excluding hydrogens is 1350 g/mol. The van der Waals surface area contributed by atoms with Gasteiger partial charge in [-0.2, -0.15) is 26.3 Å². The summed E-state index contributed by atoms with van der Waals surface area (Å²) in [5.74, 6) is -11.7. The first kappa shape index (κ1) is 81.0. The smallest absolute Gasteiger partial charge is 0.343 e. The topological polar surface area (TPSA) is 270 Å². The lowest BCUT2D eigenvalue weighted by Crippen LogP contribution is -2.65. The molecule has 12 amide bonds. The molecule has 2 saturated carbocycles. The number of alkyl halides is 6. The number of amides is 12. The molecule has 24 nitrogen and oxygen atoms in total. The molecule has 0 bridgehead atoms. The van der Waals surface area contributed by atoms with E-state index in [-0.39, 0.29) is 95.4 Å². The predicted molar refractivity (Wildman–Crippen MR) is 360 cm³/mol. The lowest BCUT2D eigenvalue weighted by atomic mass is 9.84. The molecule has 564 valence electrons. The molecule has 6 fully saturated rings. The maximum atomic E-state index is 15.4. The molecule has 4 heterocycles. The zero-order chi connectivity index (χ0) is 74.9. The van der Waals surface area contributed by atoms with Crippen LogP contribution in [0.2, 0.25) is 5.02 Å². The van der Waals surface area contributed by atoms with Gasteiger partial charge in [0, 0.05) is 68.5 Å². The molecule has 1 aromatic carbocycles. The van der Waals surface area contributed by atoms with Gasteiger partial charge in [0.1, 0.15) is 59.9 Å². The standard InChI is InChI=1S/C70H103ClF6N12O12/c1-12-42(4)56-65(99)82(7)43(5)60(94)89-35-29-50(89)63(97)84(9)51(37-44-22-15-13-16-23-44)62(96)81(6)40-54(90)78-48(28-26-45-25-27-46(47(71)36-45)70(75,76)77)61(95)88-34-21-24-49(88)59(93)80-68(30-17-18-31-68)67(101)86(11)57(41(2)3)66(100)85(10)52(64(98)87-32-19-14-20-33-87)38-55(91)83(8)53(58(92)79-56)39-69(72,73)74/h25,27,36,41-44,48-53,56-57H,12-24,26,28-35,37-40H2,1-11H3,(H,78,90)(H,79,92)(H,80,93)/t42-,43-,48-,49-,50-,51-,52-,53-,56-,57-/m0/s1. The fourth-order valence-corrected chi connectivity index (χ4v) is 15.6. The van der Waals surface area contributed by atoms with Crippen molar-refractivity contribution in [2.75, 3.05) is 75.0 Å². The normalized spacial score (nSPS) is 27.8. The zero-order valence-corrected chi connectivity index (χ0v) is 60.9. The Kier molecular flexibility index (Phi) is 27.6. The summed E-state index contributed by atoms with van der Waals surface area (Å²) < 4.78 is 86.0. The second-order valence-electron chi connectivity index (χ2n) is 29.2. The summed E-state index contributed by atoms with van der Waals surface area (Å²) in [6.45, 7) is 7.62. The number of likely N-dealkylation sites (tertiary alicyclic amines) is 1. The van der Waals surface area contributed by atoms with E-state index in [9.17, 15) is 69.5 Å². The van der Waals surface area contributed by atoms with Crippen molar-refractivity contribution in [3.8, 4) is 0 Å². The van der Waals surface area contributed by atoms with Crippen LogP contribution in [-0.4, -0.2) is 256 Å². The largest absolute Gasteiger partial charge is 0.417 e. The minimum absolute atomic E-state index is 0.0175. The highest BCUT2D eigenvalue weighted by molar-refractivity contribution is 6.31. The lowest BCUT2D eigenvalue weighted by molar-refractivity contribution is -0.164. The van der Waals surface area contributed by atoms with Crippen molar-refractivity contribution in [3.05, 3.63) is 34.3 Å². The molecule has 0 aromatic heterocycles. The van der Waals surface area contributed by atoms with E-state index in [0.717, 1.165) is 77.3 Å². The van der Waals surface area contributed by atoms with E-state index < -0.39 is 185 Å². The van der Waals surface area contributed by atoms with Gasteiger partial charge in [-0.15, -0.1) is 0 Å². The van der Waals surface area contributed by atoms with Crippen molar-refractivity contribution < 1.29 is 83.9 Å². The lowest BCUT2D eigenvalue weighted by Gasteiger charge is -2.45. The molecule has 4 aliphatic heterocycles. The first-order chi connectivity index (χ1) is 47.3. The summed E-state index contributed by atoms with van der Waals surface area (Å²) in [7, 11) is 7.53. The molecule has 31 heteroatoms. The number of carbonyl (C=O) groups is 12. The Bertz CT molecular complexity index is 3220. The monoisotopic (exact) mass is 1450 g/mol. The van der Waals surface area contributed by atoms with Crippen LogP contribution in [0.3, 0.4) is 0 Å². The molecule has 1 spiro atoms. The van der Waals surface area contributed by atoms with Crippen LogP contribution in [0.15, 0.2) is 18.2 Å². The highest BCUT2D eigenvalue weighted by Crippen LogP contribution is 2.38. The number of hydrogen-bond acceptors (Lipinski definition) is 12. The molecule has 0 unspecified atom stereocenters. The van der Waals surface area contributed by atoms with Gasteiger partial charge >= 0.3 is 12.4 Å². The Balaban J connectivity index is 1.29. The van der Waals surface area contributed by atoms with Crippen molar-refractivity contribution in [3.63, 3.8) is 0 Å². The maximum Gasteiger partial charge on any atom is 0.417 e. The molecule has 2 aliphatic carbocycles. The average molecular weight is 1450 g/mol. The van der Waals surface area contributed by atoms with E-state index in [1.165, 1.54) is 67.8 Å². The summed E-state index contributed by atoms with van der Waals surface area (Å²) in [6.07, 6.45) is -5.25. The number of fused-ring (bicyclic) bond motifs is 2. The van der Waals surface area contributed by atoms with Crippen LogP contribution in [0, 0.1) is 17.8 Å². The van der Waals surface area contributed by atoms with E-state index in [1.807, 2.05) is 0 Å². The zero-order valence-electron chi connectivity index (χ0n) is 60.1. The first-order valence-corrected chi connectivity index (χ1v) is 36.0. The molecule has 101 heavy (non-hydrogen) atoms. The molecule has 1 aromatic rings. The molecule has 7 rings (SSSR count). The van der Waals surface area contributed by atoms with Crippen molar-refractivity contribution in [2.45, 2.75) is 242 Å². The number of hydrogen-bond donors (Lipinski definition) is 3. The van der Waals surface area contributed by atoms with E-state index in [0.29, 0.717) is 30.6 Å². The number of halogens is 7. The number of nitrogens with zero attached hydrogens (tertiary/aromatic N) is 9. The third-order valence-electron chi connectivity index (χ3n) is 21.9. The number of aryl methyl sites for hydroxylation is 1. The van der Waals surface area contributed by atoms with Crippen LogP contribution in [0.4, 0.5) is 26.3 Å². The van der Waals surface area contributed by atoms with Gasteiger partial charge in [-0.05, 0) is 113 Å². The third kappa shape index (κ3) is 19.3. The number of piperidine rings is 1. The fourth-order valence-electron chi connectivity index (χ4n) is 15.2. The molecule has 10 atom stereocenters. The van der Waals surface area contributed by atoms with Crippen LogP contribution in [0.25, 0.3) is 0 Å². The Morgan fingerprint density at radius 1 is 0.634 bits per heavy atom. The molecule has 4 saturated heterocycles. The maximum absolute atomic E-state index is 15.4. The van der Waals surface area contributed by atoms with Crippen LogP contribution in [0.5, 0.6) is 0 Å². The SMILES string of the molecule is CC[C@H](C)[C@@H]1NC(=O)[C@H](CC(F)(F)F)N(C)C(=O)C[C@@H](C(=O)N2CCCCC2)N(C)C(=O)[C@H](C(C)C)N(C)C(=O)C2(CCCC2)NC(=O)[C@@H]2CCCN2C(=O)[C@H](CCc2ccc(C(F)(F)F)c(Cl)c2)NC(=O)CN(C)C(=O)[C@H](CC2CCCCC2)N(C)C(=O)[C@@H]2CCN2C(=O)[C@H](C)N(C)C1=O. The van der Waals surface area contributed by atoms with Crippen LogP contribution in [0.1, 0.15) is 174 Å². The van der Waals surface area contributed by atoms with Gasteiger partial charge in [-0.3, -0.25) is 57.5 Å². The van der Waals surface area contributed by atoms with Gasteiger partial charge in [0.2, 0.25) is 70.9 Å². The van der Waals surface area contributed by atoms with Crippen molar-refractivity contribution in [2.24, 2.45) is 17.8 Å². The van der Waals surface area contributed by atoms with E-state index in [1.54, 1.807) is 27.7 Å². The van der Waals surface area contributed by atoms with Crippen LogP contribution >= 0.6 is 11.6 Å². The van der Waals surface area contributed by atoms with Gasteiger partial charge in [0.05, 0.1) is 30.0 Å². The summed E-state index contributed by atoms with van der Waals surface area (Å²) in [5.41, 5.74) is -2.51. The van der Waals surface area contributed by atoms with E-state index >= 15 is 14.4 Å². The molecule has 3 N–H and O–H groups in total. The van der Waals surface area contributed by atoms with E-state index in [4.69, 9.17) is 11.6 Å². The third-order valence-corrected chi connectivity index (χ3v) is 22.2. The summed E-state index contributed by atoms with van der Waals surface area (Å²) in [4.78, 5) is 188. The Morgan fingerprint density at radius 2 is 1.26 bits per heavy atom. The number of benzene rings is 1. The fraction of sp³-hybridized carbons (Fsp3) is 0.743. The second-order valence-corrected chi connectivity index (χ2v) is 29.6. The van der Waals surface area contributed by atoms with Crippen molar-refractivity contribution >= 4 is 82.5 Å². The first-order valence-electron chi connectivity index (χ1n) is 35.7. The van der Waals surface area contributed by atoms with Crippen LogP contribution in [-0.2, 0) is 70.1 Å². The van der Waals surface area contributed by atoms with E-state index in [2.05, 4.69) is 16.0 Å². The van der Waals surface area contributed by atoms with Crippen molar-refractivity contribution in [1.82, 2.24) is 60.0 Å². The molecular formula is C70H103ClF6N12O12. The number of carbonyl (C=O) groups excluding carboxylic acids is 12. The summed E-state index contributed by atoms with van der Waals surface area (Å²) in [6, 6.07) is -10.4. The highest BCUT2D eigenvalue weighted by Gasteiger charge is 2.52. The second kappa shape index (κ2) is 34.3. The molecule has 6 aliphatic rings. The predicted octanol–water partition coefficient (Wildman–Crippen LogP) is 5.94. The van der Waals surface area contributed by atoms with Gasteiger partial charge in [0.15, 0.2) is 0 Å². The highest BCUT2D eigenvalue weighted by atomic mass is 35.5. The minimum Gasteiger partial charge on any atom is -0.343 e.